The number of imidazole rings is 1. The minimum atomic E-state index is 0.0933. The number of rotatable bonds is 2. The molecule has 15 heavy (non-hydrogen) atoms. The molecular formula is C12H21N3. The largest absolute Gasteiger partial charge is 0.330 e. The van der Waals surface area contributed by atoms with Gasteiger partial charge in [-0.25, -0.2) is 4.98 Å². The highest BCUT2D eigenvalue weighted by molar-refractivity contribution is 5.05. The normalized spacial score (nSPS) is 21.2. The van der Waals surface area contributed by atoms with Gasteiger partial charge in [0.2, 0.25) is 0 Å². The van der Waals surface area contributed by atoms with E-state index in [1.807, 2.05) is 19.4 Å². The first-order chi connectivity index (χ1) is 7.29. The van der Waals surface area contributed by atoms with E-state index >= 15 is 0 Å². The van der Waals surface area contributed by atoms with Crippen molar-refractivity contribution >= 4 is 0 Å². The van der Waals surface area contributed by atoms with Crippen LogP contribution >= 0.6 is 0 Å². The second-order valence-electron chi connectivity index (χ2n) is 4.66. The van der Waals surface area contributed by atoms with Crippen molar-refractivity contribution in [2.45, 2.75) is 57.5 Å². The third-order valence-corrected chi connectivity index (χ3v) is 3.38. The molecule has 1 aromatic heterocycles. The predicted octanol–water partition coefficient (Wildman–Crippen LogP) is 2.80. The summed E-state index contributed by atoms with van der Waals surface area (Å²) in [5.41, 5.74) is 7.13. The van der Waals surface area contributed by atoms with Crippen LogP contribution in [-0.2, 0) is 0 Å². The lowest BCUT2D eigenvalue weighted by molar-refractivity contribution is 0.425. The third-order valence-electron chi connectivity index (χ3n) is 3.38. The highest BCUT2D eigenvalue weighted by atomic mass is 15.1. The zero-order valence-electron chi connectivity index (χ0n) is 9.52. The quantitative estimate of drug-likeness (QED) is 0.758. The Hall–Kier alpha value is -0.830. The molecule has 1 aromatic rings. The van der Waals surface area contributed by atoms with Crippen LogP contribution in [-0.4, -0.2) is 9.55 Å². The molecule has 0 aromatic carbocycles. The van der Waals surface area contributed by atoms with Gasteiger partial charge in [-0.15, -0.1) is 0 Å². The minimum absolute atomic E-state index is 0.0933. The van der Waals surface area contributed by atoms with Crippen molar-refractivity contribution in [1.29, 1.82) is 0 Å². The van der Waals surface area contributed by atoms with Gasteiger partial charge < -0.3 is 10.3 Å². The van der Waals surface area contributed by atoms with E-state index in [1.165, 1.54) is 44.2 Å². The summed E-state index contributed by atoms with van der Waals surface area (Å²) in [7, 11) is 0. The average molecular weight is 207 g/mol. The van der Waals surface area contributed by atoms with Gasteiger partial charge in [0, 0.05) is 18.3 Å². The summed E-state index contributed by atoms with van der Waals surface area (Å²) in [4.78, 5) is 4.23. The van der Waals surface area contributed by atoms with Crippen LogP contribution in [0.3, 0.4) is 0 Å². The molecule has 3 nitrogen and oxygen atoms in total. The van der Waals surface area contributed by atoms with Gasteiger partial charge in [0.25, 0.3) is 0 Å². The van der Waals surface area contributed by atoms with Gasteiger partial charge in [0.1, 0.15) is 0 Å². The van der Waals surface area contributed by atoms with E-state index in [-0.39, 0.29) is 6.04 Å². The maximum atomic E-state index is 5.94. The lowest BCUT2D eigenvalue weighted by Gasteiger charge is -2.20. The van der Waals surface area contributed by atoms with Gasteiger partial charge in [-0.05, 0) is 19.8 Å². The zero-order valence-corrected chi connectivity index (χ0v) is 9.52. The average Bonchev–Trinajstić information content (AvgIpc) is 2.55. The first-order valence-electron chi connectivity index (χ1n) is 6.06. The van der Waals surface area contributed by atoms with E-state index in [1.54, 1.807) is 0 Å². The van der Waals surface area contributed by atoms with Crippen molar-refractivity contribution in [3.63, 3.8) is 0 Å². The molecule has 1 fully saturated rings. The fourth-order valence-corrected chi connectivity index (χ4v) is 2.51. The van der Waals surface area contributed by atoms with Crippen LogP contribution < -0.4 is 5.73 Å². The van der Waals surface area contributed by atoms with Crippen LogP contribution in [0.1, 0.15) is 63.2 Å². The summed E-state index contributed by atoms with van der Waals surface area (Å²) >= 11 is 0. The highest BCUT2D eigenvalue weighted by Gasteiger charge is 2.17. The summed E-state index contributed by atoms with van der Waals surface area (Å²) in [6.07, 6.45) is 11.9. The van der Waals surface area contributed by atoms with Crippen molar-refractivity contribution in [3.8, 4) is 0 Å². The Morgan fingerprint density at radius 3 is 2.60 bits per heavy atom. The number of hydrogen-bond acceptors (Lipinski definition) is 2. The molecule has 0 aliphatic heterocycles. The number of nitrogens with zero attached hydrogens (tertiary/aromatic N) is 2. The summed E-state index contributed by atoms with van der Waals surface area (Å²) < 4.78 is 2.30. The minimum Gasteiger partial charge on any atom is -0.330 e. The molecule has 1 unspecified atom stereocenters. The van der Waals surface area contributed by atoms with Crippen molar-refractivity contribution < 1.29 is 0 Å². The smallest absolute Gasteiger partial charge is 0.0951 e. The Morgan fingerprint density at radius 2 is 2.00 bits per heavy atom. The summed E-state index contributed by atoms with van der Waals surface area (Å²) in [6.45, 7) is 2.03. The Labute approximate surface area is 91.7 Å². The molecule has 0 radical (unpaired) electrons. The van der Waals surface area contributed by atoms with Crippen LogP contribution in [0.5, 0.6) is 0 Å². The van der Waals surface area contributed by atoms with Gasteiger partial charge in [0.15, 0.2) is 0 Å². The van der Waals surface area contributed by atoms with Crippen molar-refractivity contribution in [3.05, 3.63) is 18.2 Å². The Bertz CT molecular complexity index is 296. The standard InChI is InChI=1S/C12H21N3/c1-10(13)12-8-14-9-15(12)11-6-4-2-3-5-7-11/h8-11H,2-7,13H2,1H3. The number of aromatic nitrogens is 2. The number of nitrogens with two attached hydrogens (primary N) is 1. The summed E-state index contributed by atoms with van der Waals surface area (Å²) in [5, 5.41) is 0. The molecule has 1 atom stereocenters. The first-order valence-corrected chi connectivity index (χ1v) is 6.06. The molecule has 1 aliphatic carbocycles. The van der Waals surface area contributed by atoms with E-state index in [0.717, 1.165) is 0 Å². The summed E-state index contributed by atoms with van der Waals surface area (Å²) in [6, 6.07) is 0.728. The van der Waals surface area contributed by atoms with Crippen LogP contribution in [0, 0.1) is 0 Å². The molecular weight excluding hydrogens is 186 g/mol. The predicted molar refractivity (Wildman–Crippen MR) is 61.6 cm³/mol. The van der Waals surface area contributed by atoms with E-state index in [4.69, 9.17) is 5.73 Å². The fraction of sp³-hybridized carbons (Fsp3) is 0.750. The molecule has 0 saturated heterocycles. The second-order valence-corrected chi connectivity index (χ2v) is 4.66. The Morgan fingerprint density at radius 1 is 1.33 bits per heavy atom. The molecule has 0 bridgehead atoms. The lowest BCUT2D eigenvalue weighted by atomic mass is 10.1. The van der Waals surface area contributed by atoms with Crippen LogP contribution in [0.25, 0.3) is 0 Å². The van der Waals surface area contributed by atoms with Gasteiger partial charge >= 0.3 is 0 Å². The summed E-state index contributed by atoms with van der Waals surface area (Å²) in [5.74, 6) is 0. The second kappa shape index (κ2) is 4.79. The maximum absolute atomic E-state index is 5.94. The molecule has 0 spiro atoms. The van der Waals surface area contributed by atoms with Crippen LogP contribution in [0.4, 0.5) is 0 Å². The molecule has 84 valence electrons. The van der Waals surface area contributed by atoms with Crippen molar-refractivity contribution in [2.75, 3.05) is 0 Å². The SMILES string of the molecule is CC(N)c1cncn1C1CCCCCC1. The van der Waals surface area contributed by atoms with Gasteiger partial charge in [-0.3, -0.25) is 0 Å². The Kier molecular flexibility index (Phi) is 3.41. The zero-order chi connectivity index (χ0) is 10.7. The first kappa shape index (κ1) is 10.7. The molecule has 1 aliphatic rings. The topological polar surface area (TPSA) is 43.8 Å². The molecule has 2 rings (SSSR count). The van der Waals surface area contributed by atoms with Gasteiger partial charge in [-0.1, -0.05) is 25.7 Å². The van der Waals surface area contributed by atoms with Gasteiger partial charge in [0.05, 0.1) is 12.0 Å². The highest BCUT2D eigenvalue weighted by Crippen LogP contribution is 2.29. The molecule has 0 amide bonds. The molecule has 1 saturated carbocycles. The molecule has 2 N–H and O–H groups in total. The van der Waals surface area contributed by atoms with E-state index < -0.39 is 0 Å². The molecule has 1 heterocycles. The fourth-order valence-electron chi connectivity index (χ4n) is 2.51. The van der Waals surface area contributed by atoms with Crippen molar-refractivity contribution in [2.24, 2.45) is 5.73 Å². The Balaban J connectivity index is 2.15. The lowest BCUT2D eigenvalue weighted by Crippen LogP contribution is -2.16. The third kappa shape index (κ3) is 2.40. The van der Waals surface area contributed by atoms with E-state index in [0.29, 0.717) is 6.04 Å². The maximum Gasteiger partial charge on any atom is 0.0951 e. The van der Waals surface area contributed by atoms with E-state index in [2.05, 4.69) is 9.55 Å². The monoisotopic (exact) mass is 207 g/mol. The van der Waals surface area contributed by atoms with Crippen molar-refractivity contribution in [1.82, 2.24) is 9.55 Å². The van der Waals surface area contributed by atoms with E-state index in [9.17, 15) is 0 Å². The molecule has 3 heteroatoms. The van der Waals surface area contributed by atoms with Gasteiger partial charge in [-0.2, -0.15) is 0 Å². The van der Waals surface area contributed by atoms with Crippen LogP contribution in [0.2, 0.25) is 0 Å². The number of hydrogen-bond donors (Lipinski definition) is 1. The van der Waals surface area contributed by atoms with Crippen LogP contribution in [0.15, 0.2) is 12.5 Å².